The van der Waals surface area contributed by atoms with Crippen molar-refractivity contribution in [3.05, 3.63) is 27.7 Å². The molecule has 90 valence electrons. The number of hydrogen-bond acceptors (Lipinski definition) is 2. The zero-order chi connectivity index (χ0) is 12.6. The van der Waals surface area contributed by atoms with Crippen LogP contribution in [-0.4, -0.2) is 24.4 Å². The summed E-state index contributed by atoms with van der Waals surface area (Å²) in [7, 11) is 0. The molecule has 1 atom stereocenters. The van der Waals surface area contributed by atoms with Crippen molar-refractivity contribution < 1.29 is 9.59 Å². The maximum Gasteiger partial charge on any atom is 0.247 e. The lowest BCUT2D eigenvalue weighted by Crippen LogP contribution is -2.57. The van der Waals surface area contributed by atoms with Gasteiger partial charge >= 0.3 is 0 Å². The Morgan fingerprint density at radius 2 is 2.18 bits per heavy atom. The number of anilines is 1. The average Bonchev–Trinajstić information content (AvgIpc) is 2.29. The number of benzene rings is 1. The van der Waals surface area contributed by atoms with Gasteiger partial charge in [-0.15, -0.1) is 0 Å². The summed E-state index contributed by atoms with van der Waals surface area (Å²) in [4.78, 5) is 24.9. The van der Waals surface area contributed by atoms with Crippen LogP contribution in [0.5, 0.6) is 0 Å². The molecular weight excluding hydrogens is 307 g/mol. The van der Waals surface area contributed by atoms with Crippen LogP contribution in [0, 0.1) is 0 Å². The Hall–Kier alpha value is -1.07. The molecule has 1 N–H and O–H groups in total. The van der Waals surface area contributed by atoms with E-state index in [1.165, 1.54) is 4.90 Å². The van der Waals surface area contributed by atoms with Crippen LogP contribution in [0.4, 0.5) is 5.69 Å². The lowest BCUT2D eigenvalue weighted by atomic mass is 10.1. The Kier molecular flexibility index (Phi) is 3.40. The van der Waals surface area contributed by atoms with Crippen LogP contribution in [-0.2, 0) is 9.59 Å². The number of halogens is 2. The average molecular weight is 318 g/mol. The Labute approximate surface area is 112 Å². The van der Waals surface area contributed by atoms with E-state index in [4.69, 9.17) is 11.6 Å². The van der Waals surface area contributed by atoms with Crippen molar-refractivity contribution in [2.45, 2.75) is 13.0 Å². The number of carbonyl (C=O) groups excluding carboxylic acids is 2. The van der Waals surface area contributed by atoms with E-state index >= 15 is 0 Å². The fourth-order valence-electron chi connectivity index (χ4n) is 1.74. The first-order chi connectivity index (χ1) is 8.00. The first kappa shape index (κ1) is 12.4. The molecule has 1 aromatic carbocycles. The second kappa shape index (κ2) is 4.66. The molecule has 6 heteroatoms. The molecule has 0 aromatic heterocycles. The molecule has 0 radical (unpaired) electrons. The van der Waals surface area contributed by atoms with Crippen LogP contribution < -0.4 is 10.2 Å². The van der Waals surface area contributed by atoms with E-state index in [-0.39, 0.29) is 18.4 Å². The van der Waals surface area contributed by atoms with Gasteiger partial charge < -0.3 is 5.32 Å². The Morgan fingerprint density at radius 3 is 2.88 bits per heavy atom. The van der Waals surface area contributed by atoms with Gasteiger partial charge in [0.05, 0.1) is 12.2 Å². The summed E-state index contributed by atoms with van der Waals surface area (Å²) in [6.07, 6.45) is 0. The number of piperazine rings is 1. The fourth-order valence-corrected chi connectivity index (χ4v) is 2.35. The second-order valence-electron chi connectivity index (χ2n) is 3.75. The monoisotopic (exact) mass is 316 g/mol. The van der Waals surface area contributed by atoms with Gasteiger partial charge in [-0.25, -0.2) is 0 Å². The predicted molar refractivity (Wildman–Crippen MR) is 69.1 cm³/mol. The first-order valence-electron chi connectivity index (χ1n) is 5.05. The van der Waals surface area contributed by atoms with E-state index in [9.17, 15) is 9.59 Å². The van der Waals surface area contributed by atoms with Crippen molar-refractivity contribution in [3.63, 3.8) is 0 Å². The van der Waals surface area contributed by atoms with Crippen molar-refractivity contribution in [1.29, 1.82) is 0 Å². The highest BCUT2D eigenvalue weighted by Crippen LogP contribution is 2.31. The second-order valence-corrected chi connectivity index (χ2v) is 5.04. The molecule has 2 rings (SSSR count). The summed E-state index contributed by atoms with van der Waals surface area (Å²) >= 11 is 9.27. The molecule has 17 heavy (non-hydrogen) atoms. The number of nitrogens with one attached hydrogen (secondary N) is 1. The first-order valence-corrected chi connectivity index (χ1v) is 6.22. The molecule has 1 aromatic rings. The third-order valence-corrected chi connectivity index (χ3v) is 3.52. The zero-order valence-corrected chi connectivity index (χ0v) is 11.4. The molecule has 1 aliphatic heterocycles. The lowest BCUT2D eigenvalue weighted by molar-refractivity contribution is -0.130. The molecule has 0 spiro atoms. The SMILES string of the molecule is CC1C(=O)NCC(=O)N1c1cc(Cl)ccc1Br. The largest absolute Gasteiger partial charge is 0.345 e. The van der Waals surface area contributed by atoms with E-state index in [0.717, 1.165) is 4.47 Å². The van der Waals surface area contributed by atoms with Crippen molar-refractivity contribution in [2.75, 3.05) is 11.4 Å². The number of amides is 2. The smallest absolute Gasteiger partial charge is 0.247 e. The summed E-state index contributed by atoms with van der Waals surface area (Å²) in [5, 5.41) is 3.06. The quantitative estimate of drug-likeness (QED) is 0.861. The molecule has 4 nitrogen and oxygen atoms in total. The summed E-state index contributed by atoms with van der Waals surface area (Å²) in [5.41, 5.74) is 0.616. The zero-order valence-electron chi connectivity index (χ0n) is 9.04. The maximum atomic E-state index is 11.9. The van der Waals surface area contributed by atoms with Crippen LogP contribution in [0.1, 0.15) is 6.92 Å². The van der Waals surface area contributed by atoms with Gasteiger partial charge in [0.2, 0.25) is 11.8 Å². The fraction of sp³-hybridized carbons (Fsp3) is 0.273. The molecule has 1 fully saturated rings. The highest BCUT2D eigenvalue weighted by Gasteiger charge is 2.33. The minimum absolute atomic E-state index is 0.0160. The maximum absolute atomic E-state index is 11.9. The number of nitrogens with zero attached hydrogens (tertiary/aromatic N) is 1. The van der Waals surface area contributed by atoms with Gasteiger partial charge in [-0.05, 0) is 41.1 Å². The van der Waals surface area contributed by atoms with Gasteiger partial charge in [-0.2, -0.15) is 0 Å². The van der Waals surface area contributed by atoms with E-state index in [2.05, 4.69) is 21.2 Å². The van der Waals surface area contributed by atoms with Crippen molar-refractivity contribution in [1.82, 2.24) is 5.32 Å². The number of rotatable bonds is 1. The van der Waals surface area contributed by atoms with Gasteiger partial charge in [-0.3, -0.25) is 14.5 Å². The van der Waals surface area contributed by atoms with Crippen LogP contribution in [0.3, 0.4) is 0 Å². The molecule has 1 aliphatic rings. The van der Waals surface area contributed by atoms with E-state index in [0.29, 0.717) is 10.7 Å². The van der Waals surface area contributed by atoms with Crippen LogP contribution in [0.15, 0.2) is 22.7 Å². The molecular formula is C11H10BrClN2O2. The minimum Gasteiger partial charge on any atom is -0.345 e. The van der Waals surface area contributed by atoms with Crippen LogP contribution in [0.25, 0.3) is 0 Å². The molecule has 1 saturated heterocycles. The predicted octanol–water partition coefficient (Wildman–Crippen LogP) is 1.95. The molecule has 0 bridgehead atoms. The third kappa shape index (κ3) is 2.30. The molecule has 1 heterocycles. The number of carbonyl (C=O) groups is 2. The topological polar surface area (TPSA) is 49.4 Å². The van der Waals surface area contributed by atoms with E-state index in [1.807, 2.05) is 0 Å². The Balaban J connectivity index is 2.46. The normalized spacial score (nSPS) is 20.4. The Bertz CT molecular complexity index is 492. The van der Waals surface area contributed by atoms with Gasteiger partial charge in [-0.1, -0.05) is 11.6 Å². The van der Waals surface area contributed by atoms with Gasteiger partial charge in [0.1, 0.15) is 6.04 Å². The summed E-state index contributed by atoms with van der Waals surface area (Å²) in [5.74, 6) is -0.323. The van der Waals surface area contributed by atoms with E-state index < -0.39 is 6.04 Å². The van der Waals surface area contributed by atoms with Gasteiger partial charge in [0.15, 0.2) is 0 Å². The molecule has 0 saturated carbocycles. The summed E-state index contributed by atoms with van der Waals surface area (Å²) in [6, 6.07) is 4.60. The van der Waals surface area contributed by atoms with Crippen molar-refractivity contribution >= 4 is 45.0 Å². The number of hydrogen-bond donors (Lipinski definition) is 1. The lowest BCUT2D eigenvalue weighted by Gasteiger charge is -2.33. The van der Waals surface area contributed by atoms with Gasteiger partial charge in [0.25, 0.3) is 0 Å². The summed E-state index contributed by atoms with van der Waals surface area (Å²) < 4.78 is 0.733. The highest BCUT2D eigenvalue weighted by atomic mass is 79.9. The van der Waals surface area contributed by atoms with E-state index in [1.54, 1.807) is 25.1 Å². The van der Waals surface area contributed by atoms with Crippen LogP contribution >= 0.6 is 27.5 Å². The van der Waals surface area contributed by atoms with Crippen LogP contribution in [0.2, 0.25) is 5.02 Å². The minimum atomic E-state index is -0.536. The molecule has 1 unspecified atom stereocenters. The molecule has 0 aliphatic carbocycles. The third-order valence-electron chi connectivity index (χ3n) is 2.62. The standard InChI is InChI=1S/C11H10BrClN2O2/c1-6-11(17)14-5-10(16)15(6)9-4-7(13)2-3-8(9)12/h2-4,6H,5H2,1H3,(H,14,17). The highest BCUT2D eigenvalue weighted by molar-refractivity contribution is 9.10. The van der Waals surface area contributed by atoms with Gasteiger partial charge in [0, 0.05) is 9.50 Å². The Morgan fingerprint density at radius 1 is 1.47 bits per heavy atom. The van der Waals surface area contributed by atoms with Crippen molar-refractivity contribution in [3.8, 4) is 0 Å². The summed E-state index contributed by atoms with van der Waals surface area (Å²) in [6.45, 7) is 1.70. The van der Waals surface area contributed by atoms with Crippen molar-refractivity contribution in [2.24, 2.45) is 0 Å². The molecule has 2 amide bonds.